The summed E-state index contributed by atoms with van der Waals surface area (Å²) in [6, 6.07) is 0. The monoisotopic (exact) mass is 179 g/mol. The van der Waals surface area contributed by atoms with Gasteiger partial charge in [-0.05, 0) is 44.6 Å². The van der Waals surface area contributed by atoms with Crippen molar-refractivity contribution in [2.75, 3.05) is 0 Å². The lowest BCUT2D eigenvalue weighted by molar-refractivity contribution is 0.0340. The summed E-state index contributed by atoms with van der Waals surface area (Å²) in [7, 11) is 0. The number of allylic oxidation sites excluding steroid dienone is 1. The average molecular weight is 179 g/mol. The van der Waals surface area contributed by atoms with Gasteiger partial charge < -0.3 is 4.74 Å². The third-order valence-corrected chi connectivity index (χ3v) is 3.53. The van der Waals surface area contributed by atoms with E-state index in [-0.39, 0.29) is 0 Å². The van der Waals surface area contributed by atoms with E-state index in [0.717, 1.165) is 5.92 Å². The lowest BCUT2D eigenvalue weighted by atomic mass is 9.85. The van der Waals surface area contributed by atoms with Gasteiger partial charge in [-0.1, -0.05) is 18.9 Å². The van der Waals surface area contributed by atoms with Crippen LogP contribution < -0.4 is 0 Å². The van der Waals surface area contributed by atoms with E-state index < -0.39 is 0 Å². The first-order chi connectivity index (χ1) is 6.31. The number of hydrogen-bond donors (Lipinski definition) is 0. The van der Waals surface area contributed by atoms with Crippen LogP contribution in [0.5, 0.6) is 0 Å². The molecule has 3 unspecified atom stereocenters. The van der Waals surface area contributed by atoms with Crippen molar-refractivity contribution in [3.63, 3.8) is 0 Å². The van der Waals surface area contributed by atoms with E-state index in [2.05, 4.69) is 13.8 Å². The molecule has 0 amide bonds. The molecule has 1 heterocycles. The summed E-state index contributed by atoms with van der Waals surface area (Å²) in [5.74, 6) is 0.841. The molecule has 0 aromatic rings. The molecule has 2 fully saturated rings. The van der Waals surface area contributed by atoms with Crippen LogP contribution in [0.1, 0.15) is 39.0 Å². The predicted octanol–water partition coefficient (Wildman–Crippen LogP) is 3.11. The molecule has 1 aliphatic carbocycles. The second-order valence-electron chi connectivity index (χ2n) is 4.39. The fourth-order valence-corrected chi connectivity index (χ4v) is 2.59. The highest BCUT2D eigenvalue weighted by Crippen LogP contribution is 2.39. The topological polar surface area (TPSA) is 9.23 Å². The van der Waals surface area contributed by atoms with E-state index in [0.29, 0.717) is 12.2 Å². The van der Waals surface area contributed by atoms with Gasteiger partial charge in [-0.15, -0.1) is 0 Å². The molecule has 0 spiro atoms. The minimum Gasteiger partial charge on any atom is -0.370 e. The minimum atomic E-state index is 0.380. The third kappa shape index (κ3) is 1.80. The third-order valence-electron chi connectivity index (χ3n) is 3.53. The Morgan fingerprint density at radius 1 is 1.38 bits per heavy atom. The first-order valence-corrected chi connectivity index (χ1v) is 5.42. The highest BCUT2D eigenvalue weighted by Gasteiger charge is 2.36. The molecule has 1 radical (unpaired) electrons. The van der Waals surface area contributed by atoms with Crippen molar-refractivity contribution in [3.8, 4) is 0 Å². The van der Waals surface area contributed by atoms with E-state index in [4.69, 9.17) is 4.74 Å². The van der Waals surface area contributed by atoms with Crippen molar-refractivity contribution in [3.05, 3.63) is 18.6 Å². The van der Waals surface area contributed by atoms with Crippen LogP contribution in [0.4, 0.5) is 0 Å². The zero-order valence-electron chi connectivity index (χ0n) is 8.46. The lowest BCUT2D eigenvalue weighted by Crippen LogP contribution is -2.20. The number of rotatable bonds is 1. The van der Waals surface area contributed by atoms with Gasteiger partial charge in [0, 0.05) is 0 Å². The van der Waals surface area contributed by atoms with E-state index in [9.17, 15) is 0 Å². The zero-order chi connectivity index (χ0) is 9.26. The van der Waals surface area contributed by atoms with E-state index in [1.54, 1.807) is 0 Å². The van der Waals surface area contributed by atoms with E-state index >= 15 is 0 Å². The molecule has 1 saturated carbocycles. The van der Waals surface area contributed by atoms with Gasteiger partial charge in [-0.2, -0.15) is 0 Å². The van der Waals surface area contributed by atoms with Crippen molar-refractivity contribution in [2.45, 2.75) is 51.2 Å². The van der Waals surface area contributed by atoms with Crippen LogP contribution in [0.3, 0.4) is 0 Å². The standard InChI is InChI=1S/C12H19O/c1-3-9(2)12-8-10-6-4-5-7-11(10)13-12/h3,10-12H,1,4-8H2,2H3. The highest BCUT2D eigenvalue weighted by atomic mass is 16.5. The van der Waals surface area contributed by atoms with Crippen LogP contribution in [-0.2, 0) is 4.74 Å². The summed E-state index contributed by atoms with van der Waals surface area (Å²) in [4.78, 5) is 0. The second kappa shape index (κ2) is 3.83. The Labute approximate surface area is 81.2 Å². The summed E-state index contributed by atoms with van der Waals surface area (Å²) in [6.07, 6.45) is 9.56. The van der Waals surface area contributed by atoms with Crippen molar-refractivity contribution < 1.29 is 4.74 Å². The van der Waals surface area contributed by atoms with Crippen LogP contribution in [0, 0.1) is 12.8 Å². The molecule has 2 rings (SSSR count). The number of fused-ring (bicyclic) bond motifs is 1. The van der Waals surface area contributed by atoms with Crippen LogP contribution >= 0.6 is 0 Å². The van der Waals surface area contributed by atoms with Gasteiger partial charge in [-0.25, -0.2) is 0 Å². The first kappa shape index (κ1) is 9.26. The molecule has 3 atom stereocenters. The van der Waals surface area contributed by atoms with E-state index in [1.807, 2.05) is 6.08 Å². The van der Waals surface area contributed by atoms with Crippen molar-refractivity contribution in [1.29, 1.82) is 0 Å². The molecular formula is C12H19O. The molecule has 0 bridgehead atoms. The quantitative estimate of drug-likeness (QED) is 0.601. The van der Waals surface area contributed by atoms with Crippen molar-refractivity contribution >= 4 is 0 Å². The molecule has 0 aromatic carbocycles. The number of ether oxygens (including phenoxy) is 1. The summed E-state index contributed by atoms with van der Waals surface area (Å²) in [5, 5.41) is 0. The maximum Gasteiger partial charge on any atom is 0.0789 e. The second-order valence-corrected chi connectivity index (χ2v) is 4.39. The number of hydrogen-bond acceptors (Lipinski definition) is 1. The molecule has 1 nitrogen and oxygen atoms in total. The summed E-state index contributed by atoms with van der Waals surface area (Å²) in [5.41, 5.74) is 1.31. The lowest BCUT2D eigenvalue weighted by Gasteiger charge is -2.23. The molecule has 2 aliphatic rings. The maximum absolute atomic E-state index is 6.01. The Bertz CT molecular complexity index is 193. The summed E-state index contributed by atoms with van der Waals surface area (Å²) >= 11 is 0. The SMILES string of the molecule is [CH2]C=C(C)C1CC2CCCCC2O1. The smallest absolute Gasteiger partial charge is 0.0789 e. The van der Waals surface area contributed by atoms with Gasteiger partial charge in [-0.3, -0.25) is 0 Å². The largest absolute Gasteiger partial charge is 0.370 e. The van der Waals surface area contributed by atoms with E-state index in [1.165, 1.54) is 37.7 Å². The van der Waals surface area contributed by atoms with Crippen molar-refractivity contribution in [2.24, 2.45) is 5.92 Å². The Morgan fingerprint density at radius 2 is 2.15 bits per heavy atom. The van der Waals surface area contributed by atoms with Crippen LogP contribution in [-0.4, -0.2) is 12.2 Å². The minimum absolute atomic E-state index is 0.380. The Morgan fingerprint density at radius 3 is 2.85 bits per heavy atom. The molecule has 0 aromatic heterocycles. The average Bonchev–Trinajstić information content (AvgIpc) is 2.59. The van der Waals surface area contributed by atoms with Gasteiger partial charge in [0.15, 0.2) is 0 Å². The summed E-state index contributed by atoms with van der Waals surface area (Å²) in [6.45, 7) is 5.94. The van der Waals surface area contributed by atoms with Gasteiger partial charge >= 0.3 is 0 Å². The molecule has 0 N–H and O–H groups in total. The normalized spacial score (nSPS) is 40.5. The van der Waals surface area contributed by atoms with Crippen LogP contribution in [0.25, 0.3) is 0 Å². The molecular weight excluding hydrogens is 160 g/mol. The Hall–Kier alpha value is -0.300. The fourth-order valence-electron chi connectivity index (χ4n) is 2.59. The van der Waals surface area contributed by atoms with Gasteiger partial charge in [0.25, 0.3) is 0 Å². The molecule has 1 saturated heterocycles. The Kier molecular flexibility index (Phi) is 2.73. The van der Waals surface area contributed by atoms with Crippen LogP contribution in [0.15, 0.2) is 11.6 Å². The van der Waals surface area contributed by atoms with Crippen molar-refractivity contribution in [1.82, 2.24) is 0 Å². The van der Waals surface area contributed by atoms with Crippen LogP contribution in [0.2, 0.25) is 0 Å². The van der Waals surface area contributed by atoms with Gasteiger partial charge in [0.2, 0.25) is 0 Å². The zero-order valence-corrected chi connectivity index (χ0v) is 8.46. The van der Waals surface area contributed by atoms with Gasteiger partial charge in [0.05, 0.1) is 12.2 Å². The van der Waals surface area contributed by atoms with Gasteiger partial charge in [0.1, 0.15) is 0 Å². The predicted molar refractivity (Wildman–Crippen MR) is 54.4 cm³/mol. The maximum atomic E-state index is 6.01. The Balaban J connectivity index is 1.98. The molecule has 73 valence electrons. The first-order valence-electron chi connectivity index (χ1n) is 5.42. The molecule has 1 aliphatic heterocycles. The molecule has 13 heavy (non-hydrogen) atoms. The summed E-state index contributed by atoms with van der Waals surface area (Å²) < 4.78 is 6.01. The fraction of sp³-hybridized carbons (Fsp3) is 0.750. The molecule has 1 heteroatoms. The highest BCUT2D eigenvalue weighted by molar-refractivity contribution is 5.09.